The number of carbonyl (C=O) groups is 1. The maximum atomic E-state index is 12.8. The molecule has 0 unspecified atom stereocenters. The molecular formula is C16H22FNO. The molecule has 2 nitrogen and oxygen atoms in total. The molecule has 0 aromatic heterocycles. The number of nitrogens with zero attached hydrogens (tertiary/aromatic N) is 1. The van der Waals surface area contributed by atoms with Gasteiger partial charge in [0.2, 0.25) is 0 Å². The van der Waals surface area contributed by atoms with Crippen LogP contribution in [0.1, 0.15) is 43.0 Å². The second kappa shape index (κ2) is 6.80. The van der Waals surface area contributed by atoms with Crippen molar-refractivity contribution in [3.63, 3.8) is 0 Å². The van der Waals surface area contributed by atoms with Gasteiger partial charge in [-0.2, -0.15) is 0 Å². The number of ketones is 1. The van der Waals surface area contributed by atoms with Gasteiger partial charge in [-0.25, -0.2) is 4.39 Å². The lowest BCUT2D eigenvalue weighted by atomic mass is 9.85. The van der Waals surface area contributed by atoms with E-state index < -0.39 is 0 Å². The summed E-state index contributed by atoms with van der Waals surface area (Å²) in [5, 5.41) is 0. The van der Waals surface area contributed by atoms with Gasteiger partial charge in [0.25, 0.3) is 0 Å². The highest BCUT2D eigenvalue weighted by Gasteiger charge is 2.20. The van der Waals surface area contributed by atoms with E-state index in [1.54, 1.807) is 12.1 Å². The van der Waals surface area contributed by atoms with Crippen molar-refractivity contribution in [2.75, 3.05) is 19.6 Å². The molecular weight excluding hydrogens is 241 g/mol. The monoisotopic (exact) mass is 263 g/mol. The third-order valence-electron chi connectivity index (χ3n) is 4.01. The molecule has 0 bridgehead atoms. The van der Waals surface area contributed by atoms with Crippen molar-refractivity contribution in [2.45, 2.75) is 32.6 Å². The molecule has 3 heteroatoms. The summed E-state index contributed by atoms with van der Waals surface area (Å²) in [6.07, 6.45) is 4.55. The highest BCUT2D eigenvalue weighted by Crippen LogP contribution is 2.27. The van der Waals surface area contributed by atoms with Crippen molar-refractivity contribution >= 4 is 5.78 Å². The first kappa shape index (κ1) is 14.2. The average Bonchev–Trinajstić information content (AvgIpc) is 2.37. The first-order valence-corrected chi connectivity index (χ1v) is 7.20. The zero-order chi connectivity index (χ0) is 13.7. The molecule has 0 N–H and O–H groups in total. The van der Waals surface area contributed by atoms with E-state index in [9.17, 15) is 9.18 Å². The number of halogens is 1. The summed E-state index contributed by atoms with van der Waals surface area (Å²) in [4.78, 5) is 14.3. The quantitative estimate of drug-likeness (QED) is 0.701. The van der Waals surface area contributed by atoms with Crippen molar-refractivity contribution < 1.29 is 9.18 Å². The lowest BCUT2D eigenvalue weighted by Gasteiger charge is -2.31. The molecule has 0 heterocycles. The van der Waals surface area contributed by atoms with Crippen LogP contribution >= 0.6 is 0 Å². The van der Waals surface area contributed by atoms with Gasteiger partial charge in [-0.05, 0) is 49.6 Å². The first-order chi connectivity index (χ1) is 9.19. The zero-order valence-corrected chi connectivity index (χ0v) is 11.6. The molecule has 0 spiro atoms. The molecule has 1 saturated carbocycles. The van der Waals surface area contributed by atoms with E-state index in [0.717, 1.165) is 25.6 Å². The predicted octanol–water partition coefficient (Wildman–Crippen LogP) is 3.52. The molecule has 1 fully saturated rings. The Morgan fingerprint density at radius 1 is 1.32 bits per heavy atom. The lowest BCUT2D eigenvalue weighted by Crippen LogP contribution is -2.34. The van der Waals surface area contributed by atoms with Gasteiger partial charge in [0, 0.05) is 25.1 Å². The fourth-order valence-electron chi connectivity index (χ4n) is 2.46. The van der Waals surface area contributed by atoms with Crippen molar-refractivity contribution in [1.29, 1.82) is 0 Å². The highest BCUT2D eigenvalue weighted by atomic mass is 19.1. The second-order valence-corrected chi connectivity index (χ2v) is 5.37. The fourth-order valence-corrected chi connectivity index (χ4v) is 2.46. The van der Waals surface area contributed by atoms with E-state index in [-0.39, 0.29) is 11.6 Å². The van der Waals surface area contributed by atoms with Crippen molar-refractivity contribution in [3.8, 4) is 0 Å². The SMILES string of the molecule is CCN(CCC(=O)c1ccc(F)cc1)CC1CCC1. The Morgan fingerprint density at radius 3 is 2.53 bits per heavy atom. The molecule has 0 aliphatic heterocycles. The molecule has 1 aliphatic carbocycles. The molecule has 0 atom stereocenters. The van der Waals surface area contributed by atoms with Crippen LogP contribution in [0.25, 0.3) is 0 Å². The number of benzene rings is 1. The van der Waals surface area contributed by atoms with Crippen LogP contribution in [0.3, 0.4) is 0 Å². The molecule has 0 amide bonds. The zero-order valence-electron chi connectivity index (χ0n) is 11.6. The van der Waals surface area contributed by atoms with Gasteiger partial charge in [-0.15, -0.1) is 0 Å². The van der Waals surface area contributed by atoms with E-state index in [1.165, 1.54) is 31.4 Å². The van der Waals surface area contributed by atoms with Crippen LogP contribution in [-0.4, -0.2) is 30.3 Å². The Bertz CT molecular complexity index is 411. The van der Waals surface area contributed by atoms with Crippen molar-refractivity contribution in [2.24, 2.45) is 5.92 Å². The minimum absolute atomic E-state index is 0.104. The summed E-state index contributed by atoms with van der Waals surface area (Å²) in [7, 11) is 0. The highest BCUT2D eigenvalue weighted by molar-refractivity contribution is 5.96. The van der Waals surface area contributed by atoms with Crippen LogP contribution in [-0.2, 0) is 0 Å². The summed E-state index contributed by atoms with van der Waals surface area (Å²) in [5.41, 5.74) is 0.612. The molecule has 1 aromatic rings. The van der Waals surface area contributed by atoms with E-state index >= 15 is 0 Å². The second-order valence-electron chi connectivity index (χ2n) is 5.37. The van der Waals surface area contributed by atoms with Crippen LogP contribution in [0.2, 0.25) is 0 Å². The van der Waals surface area contributed by atoms with Gasteiger partial charge < -0.3 is 4.90 Å². The number of hydrogen-bond acceptors (Lipinski definition) is 2. The topological polar surface area (TPSA) is 20.3 Å². The molecule has 1 aromatic carbocycles. The van der Waals surface area contributed by atoms with E-state index in [1.807, 2.05) is 0 Å². The van der Waals surface area contributed by atoms with Crippen LogP contribution in [0.5, 0.6) is 0 Å². The number of hydrogen-bond donors (Lipinski definition) is 0. The maximum absolute atomic E-state index is 12.8. The smallest absolute Gasteiger partial charge is 0.164 e. The Balaban J connectivity index is 1.79. The van der Waals surface area contributed by atoms with E-state index in [4.69, 9.17) is 0 Å². The van der Waals surface area contributed by atoms with Crippen LogP contribution < -0.4 is 0 Å². The van der Waals surface area contributed by atoms with Gasteiger partial charge in [-0.1, -0.05) is 13.3 Å². The maximum Gasteiger partial charge on any atom is 0.164 e. The fraction of sp³-hybridized carbons (Fsp3) is 0.562. The van der Waals surface area contributed by atoms with E-state index in [2.05, 4.69) is 11.8 Å². The molecule has 1 aliphatic rings. The van der Waals surface area contributed by atoms with Gasteiger partial charge in [-0.3, -0.25) is 4.79 Å². The summed E-state index contributed by atoms with van der Waals surface area (Å²) < 4.78 is 12.8. The summed E-state index contributed by atoms with van der Waals surface area (Å²) in [6, 6.07) is 5.83. The summed E-state index contributed by atoms with van der Waals surface area (Å²) >= 11 is 0. The summed E-state index contributed by atoms with van der Waals surface area (Å²) in [5.74, 6) is 0.643. The predicted molar refractivity (Wildman–Crippen MR) is 74.8 cm³/mol. The minimum Gasteiger partial charge on any atom is -0.303 e. The van der Waals surface area contributed by atoms with Gasteiger partial charge in [0.05, 0.1) is 0 Å². The minimum atomic E-state index is -0.295. The number of Topliss-reactive ketones (excluding diaryl/α,β-unsaturated/α-hetero) is 1. The largest absolute Gasteiger partial charge is 0.303 e. The molecule has 0 radical (unpaired) electrons. The third kappa shape index (κ3) is 4.13. The summed E-state index contributed by atoms with van der Waals surface area (Å²) in [6.45, 7) is 5.06. The van der Waals surface area contributed by atoms with Gasteiger partial charge in [0.1, 0.15) is 5.82 Å². The first-order valence-electron chi connectivity index (χ1n) is 7.20. The van der Waals surface area contributed by atoms with Crippen LogP contribution in [0.4, 0.5) is 4.39 Å². The molecule has 104 valence electrons. The average molecular weight is 263 g/mol. The Labute approximate surface area is 114 Å². The number of rotatable bonds is 7. The molecule has 2 rings (SSSR count). The van der Waals surface area contributed by atoms with E-state index in [0.29, 0.717) is 12.0 Å². The lowest BCUT2D eigenvalue weighted by molar-refractivity contribution is 0.0954. The Hall–Kier alpha value is -1.22. The van der Waals surface area contributed by atoms with Crippen molar-refractivity contribution in [1.82, 2.24) is 4.90 Å². The molecule has 19 heavy (non-hydrogen) atoms. The normalized spacial score (nSPS) is 15.5. The van der Waals surface area contributed by atoms with Crippen LogP contribution in [0.15, 0.2) is 24.3 Å². The molecule has 0 saturated heterocycles. The number of carbonyl (C=O) groups excluding carboxylic acids is 1. The van der Waals surface area contributed by atoms with Crippen molar-refractivity contribution in [3.05, 3.63) is 35.6 Å². The van der Waals surface area contributed by atoms with Gasteiger partial charge >= 0.3 is 0 Å². The third-order valence-corrected chi connectivity index (χ3v) is 4.01. The standard InChI is InChI=1S/C16H22FNO/c1-2-18(12-13-4-3-5-13)11-10-16(19)14-6-8-15(17)9-7-14/h6-9,13H,2-5,10-12H2,1H3. The Kier molecular flexibility index (Phi) is 5.08. The van der Waals surface area contributed by atoms with Gasteiger partial charge in [0.15, 0.2) is 5.78 Å². The Morgan fingerprint density at radius 2 is 2.00 bits per heavy atom. The van der Waals surface area contributed by atoms with Crippen LogP contribution in [0, 0.1) is 11.7 Å².